The number of carbonyl (C=O) groups excluding carboxylic acids is 1. The summed E-state index contributed by atoms with van der Waals surface area (Å²) in [5.74, 6) is -1.70. The smallest absolute Gasteiger partial charge is 0.335 e. The minimum Gasteiger partial charge on any atom is -0.478 e. The molecule has 2 aromatic rings. The van der Waals surface area contributed by atoms with Crippen LogP contribution in [0.5, 0.6) is 0 Å². The highest BCUT2D eigenvalue weighted by molar-refractivity contribution is 6.32. The number of hydrogen-bond donors (Lipinski definition) is 1. The van der Waals surface area contributed by atoms with E-state index in [0.717, 1.165) is 0 Å². The van der Waals surface area contributed by atoms with Crippen LogP contribution < -0.4 is 5.01 Å². The Hall–Kier alpha value is -3.28. The summed E-state index contributed by atoms with van der Waals surface area (Å²) >= 11 is 0. The predicted octanol–water partition coefficient (Wildman–Crippen LogP) is 3.33. The van der Waals surface area contributed by atoms with Gasteiger partial charge >= 0.3 is 5.97 Å². The highest BCUT2D eigenvalue weighted by atomic mass is 19.1. The van der Waals surface area contributed by atoms with Gasteiger partial charge in [-0.1, -0.05) is 12.1 Å². The molecule has 2 aromatic carbocycles. The molecule has 6 heteroatoms. The van der Waals surface area contributed by atoms with E-state index in [1.165, 1.54) is 41.4 Å². The van der Waals surface area contributed by atoms with Crippen molar-refractivity contribution in [3.8, 4) is 0 Å². The molecule has 1 amide bonds. The van der Waals surface area contributed by atoms with Crippen LogP contribution in [0.25, 0.3) is 6.08 Å². The molecule has 1 heterocycles. The summed E-state index contributed by atoms with van der Waals surface area (Å²) in [5.41, 5.74) is 2.24. The Morgan fingerprint density at radius 1 is 1.12 bits per heavy atom. The maximum absolute atomic E-state index is 13.0. The standard InChI is InChI=1S/C18H13FN2O3/c1-11-16(10-12-2-6-14(19)7-3-12)17(22)21(20-11)15-8-4-13(5-9-15)18(23)24/h2-10H,1H3,(H,23,24)/b16-10+. The van der Waals surface area contributed by atoms with Crippen molar-refractivity contribution >= 4 is 29.4 Å². The fourth-order valence-corrected chi connectivity index (χ4v) is 2.33. The molecule has 1 N–H and O–H groups in total. The maximum atomic E-state index is 13.0. The SMILES string of the molecule is CC1=NN(c2ccc(C(=O)O)cc2)C(=O)/C1=C/c1ccc(F)cc1. The highest BCUT2D eigenvalue weighted by Gasteiger charge is 2.28. The molecule has 0 radical (unpaired) electrons. The van der Waals surface area contributed by atoms with E-state index in [2.05, 4.69) is 5.10 Å². The monoisotopic (exact) mass is 324 g/mol. The molecule has 0 saturated carbocycles. The number of halogens is 1. The van der Waals surface area contributed by atoms with Gasteiger partial charge in [0.15, 0.2) is 0 Å². The number of carbonyl (C=O) groups is 2. The lowest BCUT2D eigenvalue weighted by Gasteiger charge is -2.11. The third-order valence-electron chi connectivity index (χ3n) is 3.60. The molecule has 3 rings (SSSR count). The third kappa shape index (κ3) is 2.94. The molecule has 0 unspecified atom stereocenters. The van der Waals surface area contributed by atoms with Crippen LogP contribution in [0.4, 0.5) is 10.1 Å². The summed E-state index contributed by atoms with van der Waals surface area (Å²) in [6.45, 7) is 1.71. The van der Waals surface area contributed by atoms with Crippen LogP contribution in [0.15, 0.2) is 59.2 Å². The predicted molar refractivity (Wildman–Crippen MR) is 88.4 cm³/mol. The van der Waals surface area contributed by atoms with Crippen LogP contribution in [0.2, 0.25) is 0 Å². The molecule has 0 aliphatic carbocycles. The van der Waals surface area contributed by atoms with Gasteiger partial charge in [0.2, 0.25) is 0 Å². The first-order chi connectivity index (χ1) is 11.5. The van der Waals surface area contributed by atoms with Gasteiger partial charge < -0.3 is 5.11 Å². The summed E-state index contributed by atoms with van der Waals surface area (Å²) in [4.78, 5) is 23.4. The fraction of sp³-hybridized carbons (Fsp3) is 0.0556. The number of hydrogen-bond acceptors (Lipinski definition) is 3. The summed E-state index contributed by atoms with van der Waals surface area (Å²) < 4.78 is 13.0. The van der Waals surface area contributed by atoms with E-state index < -0.39 is 5.97 Å². The van der Waals surface area contributed by atoms with Gasteiger partial charge in [0.05, 0.1) is 22.5 Å². The van der Waals surface area contributed by atoms with Gasteiger partial charge in [0.25, 0.3) is 5.91 Å². The zero-order chi connectivity index (χ0) is 17.3. The summed E-state index contributed by atoms with van der Waals surface area (Å²) in [6.07, 6.45) is 1.65. The van der Waals surface area contributed by atoms with Gasteiger partial charge in [-0.05, 0) is 55.0 Å². The number of nitrogens with zero attached hydrogens (tertiary/aromatic N) is 2. The van der Waals surface area contributed by atoms with Gasteiger partial charge in [0.1, 0.15) is 5.82 Å². The topological polar surface area (TPSA) is 70.0 Å². The first kappa shape index (κ1) is 15.6. The molecule has 1 aliphatic rings. The Morgan fingerprint density at radius 3 is 2.33 bits per heavy atom. The van der Waals surface area contributed by atoms with Crippen LogP contribution in [-0.4, -0.2) is 22.7 Å². The molecular weight excluding hydrogens is 311 g/mol. The number of anilines is 1. The minimum absolute atomic E-state index is 0.133. The lowest BCUT2D eigenvalue weighted by molar-refractivity contribution is -0.114. The molecule has 1 aliphatic heterocycles. The third-order valence-corrected chi connectivity index (χ3v) is 3.60. The first-order valence-corrected chi connectivity index (χ1v) is 7.16. The second-order valence-corrected chi connectivity index (χ2v) is 5.26. The summed E-state index contributed by atoms with van der Waals surface area (Å²) in [6, 6.07) is 11.7. The molecule has 0 atom stereocenters. The van der Waals surface area contributed by atoms with Crippen molar-refractivity contribution in [2.24, 2.45) is 5.10 Å². The van der Waals surface area contributed by atoms with E-state index >= 15 is 0 Å². The van der Waals surface area contributed by atoms with Gasteiger partial charge in [-0.15, -0.1) is 0 Å². The van der Waals surface area contributed by atoms with Crippen molar-refractivity contribution in [1.29, 1.82) is 0 Å². The molecule has 0 bridgehead atoms. The van der Waals surface area contributed by atoms with Crippen LogP contribution in [0.1, 0.15) is 22.8 Å². The van der Waals surface area contributed by atoms with E-state index in [1.807, 2.05) is 0 Å². The Kier molecular flexibility index (Phi) is 3.95. The zero-order valence-corrected chi connectivity index (χ0v) is 12.7. The Bertz CT molecular complexity index is 868. The first-order valence-electron chi connectivity index (χ1n) is 7.16. The van der Waals surface area contributed by atoms with Gasteiger partial charge in [0, 0.05) is 0 Å². The van der Waals surface area contributed by atoms with Gasteiger partial charge in [-0.2, -0.15) is 10.1 Å². The average Bonchev–Trinajstić information content (AvgIpc) is 2.85. The number of amides is 1. The molecular formula is C18H13FN2O3. The van der Waals surface area contributed by atoms with Crippen molar-refractivity contribution in [2.45, 2.75) is 6.92 Å². The van der Waals surface area contributed by atoms with Crippen molar-refractivity contribution in [1.82, 2.24) is 0 Å². The van der Waals surface area contributed by atoms with E-state index in [9.17, 15) is 14.0 Å². The fourth-order valence-electron chi connectivity index (χ4n) is 2.33. The Balaban J connectivity index is 1.90. The normalized spacial score (nSPS) is 15.8. The largest absolute Gasteiger partial charge is 0.478 e. The molecule has 120 valence electrons. The summed E-state index contributed by atoms with van der Waals surface area (Å²) in [5, 5.41) is 14.4. The van der Waals surface area contributed by atoms with Crippen LogP contribution in [0, 0.1) is 5.82 Å². The van der Waals surface area contributed by atoms with Crippen molar-refractivity contribution < 1.29 is 19.1 Å². The minimum atomic E-state index is -1.04. The molecule has 0 spiro atoms. The number of hydrazone groups is 1. The maximum Gasteiger partial charge on any atom is 0.335 e. The Morgan fingerprint density at radius 2 is 1.75 bits per heavy atom. The second kappa shape index (κ2) is 6.08. The van der Waals surface area contributed by atoms with Crippen LogP contribution in [0.3, 0.4) is 0 Å². The molecule has 0 fully saturated rings. The van der Waals surface area contributed by atoms with Gasteiger partial charge in [-0.25, -0.2) is 9.18 Å². The number of benzene rings is 2. The zero-order valence-electron chi connectivity index (χ0n) is 12.7. The number of aromatic carboxylic acids is 1. The van der Waals surface area contributed by atoms with Gasteiger partial charge in [-0.3, -0.25) is 4.79 Å². The van der Waals surface area contributed by atoms with Crippen LogP contribution in [-0.2, 0) is 4.79 Å². The number of rotatable bonds is 3. The molecule has 24 heavy (non-hydrogen) atoms. The quantitative estimate of drug-likeness (QED) is 0.880. The van der Waals surface area contributed by atoms with E-state index in [1.54, 1.807) is 25.1 Å². The van der Waals surface area contributed by atoms with E-state index in [4.69, 9.17) is 5.11 Å². The summed E-state index contributed by atoms with van der Waals surface area (Å²) in [7, 11) is 0. The lowest BCUT2D eigenvalue weighted by atomic mass is 10.1. The van der Waals surface area contributed by atoms with Crippen LogP contribution >= 0.6 is 0 Å². The van der Waals surface area contributed by atoms with E-state index in [-0.39, 0.29) is 17.3 Å². The molecule has 0 saturated heterocycles. The van der Waals surface area contributed by atoms with E-state index in [0.29, 0.717) is 22.5 Å². The second-order valence-electron chi connectivity index (χ2n) is 5.26. The van der Waals surface area contributed by atoms with Crippen molar-refractivity contribution in [2.75, 3.05) is 5.01 Å². The Labute approximate surface area is 137 Å². The number of carboxylic acids is 1. The molecule has 0 aromatic heterocycles. The highest BCUT2D eigenvalue weighted by Crippen LogP contribution is 2.25. The average molecular weight is 324 g/mol. The lowest BCUT2D eigenvalue weighted by Crippen LogP contribution is -2.21. The van der Waals surface area contributed by atoms with Crippen molar-refractivity contribution in [3.05, 3.63) is 71.0 Å². The van der Waals surface area contributed by atoms with Crippen molar-refractivity contribution in [3.63, 3.8) is 0 Å². The number of carboxylic acid groups (broad SMARTS) is 1. The molecule has 5 nitrogen and oxygen atoms in total.